The van der Waals surface area contributed by atoms with E-state index in [-0.39, 0.29) is 29.8 Å². The Hall–Kier alpha value is -1.09. The highest BCUT2D eigenvalue weighted by atomic mass is 127. The van der Waals surface area contributed by atoms with E-state index < -0.39 is 0 Å². The largest absolute Gasteiger partial charge is 0.492 e. The van der Waals surface area contributed by atoms with Crippen LogP contribution in [-0.4, -0.2) is 45.4 Å². The van der Waals surface area contributed by atoms with Crippen molar-refractivity contribution in [2.45, 2.75) is 13.8 Å². The Labute approximate surface area is 148 Å². The summed E-state index contributed by atoms with van der Waals surface area (Å²) in [6, 6.07) is 6.10. The van der Waals surface area contributed by atoms with E-state index in [2.05, 4.69) is 15.6 Å². The number of hydrogen-bond acceptors (Lipinski definition) is 3. The van der Waals surface area contributed by atoms with Gasteiger partial charge in [0.15, 0.2) is 5.96 Å². The quantitative estimate of drug-likeness (QED) is 0.276. The van der Waals surface area contributed by atoms with Gasteiger partial charge in [-0.1, -0.05) is 6.07 Å². The molecule has 5 nitrogen and oxygen atoms in total. The molecule has 0 amide bonds. The van der Waals surface area contributed by atoms with Gasteiger partial charge >= 0.3 is 0 Å². The van der Waals surface area contributed by atoms with E-state index in [9.17, 15) is 4.39 Å². The van der Waals surface area contributed by atoms with Gasteiger partial charge in [-0.05, 0) is 26.0 Å². The molecule has 0 bridgehead atoms. The summed E-state index contributed by atoms with van der Waals surface area (Å²) in [4.78, 5) is 4.36. The standard InChI is InChI=1S/C15H24FN3O2.HI/c1-3-17-15(18-8-10-20-4-2)19-9-11-21-14-7-5-6-13(16)12-14;/h5-7,12H,3-4,8-11H2,1-2H3,(H2,17,18,19);1H. The third-order valence-corrected chi connectivity index (χ3v) is 2.51. The van der Waals surface area contributed by atoms with E-state index >= 15 is 0 Å². The molecule has 7 heteroatoms. The van der Waals surface area contributed by atoms with Crippen molar-refractivity contribution < 1.29 is 13.9 Å². The minimum Gasteiger partial charge on any atom is -0.492 e. The van der Waals surface area contributed by atoms with Crippen LogP contribution in [0.5, 0.6) is 5.75 Å². The maximum Gasteiger partial charge on any atom is 0.191 e. The second kappa shape index (κ2) is 13.6. The summed E-state index contributed by atoms with van der Waals surface area (Å²) >= 11 is 0. The fourth-order valence-corrected chi connectivity index (χ4v) is 1.60. The number of rotatable bonds is 9. The van der Waals surface area contributed by atoms with Crippen LogP contribution in [0, 0.1) is 5.82 Å². The SMILES string of the molecule is CCNC(=NCCOCC)NCCOc1cccc(F)c1.I. The highest BCUT2D eigenvalue weighted by Gasteiger charge is 1.98. The Morgan fingerprint density at radius 2 is 2.05 bits per heavy atom. The molecule has 2 N–H and O–H groups in total. The van der Waals surface area contributed by atoms with Gasteiger partial charge in [0, 0.05) is 19.2 Å². The highest BCUT2D eigenvalue weighted by Crippen LogP contribution is 2.11. The summed E-state index contributed by atoms with van der Waals surface area (Å²) in [5, 5.41) is 6.28. The van der Waals surface area contributed by atoms with Gasteiger partial charge in [-0.2, -0.15) is 0 Å². The number of nitrogens with one attached hydrogen (secondary N) is 2. The lowest BCUT2D eigenvalue weighted by atomic mass is 10.3. The van der Waals surface area contributed by atoms with Gasteiger partial charge in [-0.15, -0.1) is 24.0 Å². The van der Waals surface area contributed by atoms with Crippen molar-refractivity contribution in [1.29, 1.82) is 0 Å². The summed E-state index contributed by atoms with van der Waals surface area (Å²) in [7, 11) is 0. The fourth-order valence-electron chi connectivity index (χ4n) is 1.60. The number of ether oxygens (including phenoxy) is 2. The maximum atomic E-state index is 13.0. The Kier molecular flexibility index (Phi) is 12.9. The number of hydrogen-bond donors (Lipinski definition) is 2. The molecular formula is C15H25FIN3O2. The predicted molar refractivity (Wildman–Crippen MR) is 97.8 cm³/mol. The summed E-state index contributed by atoms with van der Waals surface area (Å²) in [5.74, 6) is 0.946. The van der Waals surface area contributed by atoms with Crippen LogP contribution in [-0.2, 0) is 4.74 Å². The molecule has 0 aliphatic heterocycles. The summed E-state index contributed by atoms with van der Waals surface area (Å²) in [6.45, 7) is 7.66. The molecule has 1 rings (SSSR count). The fraction of sp³-hybridized carbons (Fsp3) is 0.533. The van der Waals surface area contributed by atoms with Crippen LogP contribution in [0.4, 0.5) is 4.39 Å². The first-order valence-corrected chi connectivity index (χ1v) is 7.24. The third kappa shape index (κ3) is 9.78. The van der Waals surface area contributed by atoms with Gasteiger partial charge in [0.2, 0.25) is 0 Å². The maximum absolute atomic E-state index is 13.0. The first-order chi connectivity index (χ1) is 10.3. The van der Waals surface area contributed by atoms with E-state index in [1.807, 2.05) is 13.8 Å². The predicted octanol–water partition coefficient (Wildman–Crippen LogP) is 2.41. The first kappa shape index (κ1) is 20.9. The van der Waals surface area contributed by atoms with Gasteiger partial charge in [-0.3, -0.25) is 4.99 Å². The molecule has 0 saturated carbocycles. The molecule has 0 heterocycles. The molecule has 0 radical (unpaired) electrons. The van der Waals surface area contributed by atoms with Crippen molar-refractivity contribution in [2.75, 3.05) is 39.5 Å². The molecule has 0 atom stereocenters. The third-order valence-electron chi connectivity index (χ3n) is 2.51. The molecule has 1 aromatic rings. The lowest BCUT2D eigenvalue weighted by Gasteiger charge is -2.12. The zero-order valence-corrected chi connectivity index (χ0v) is 15.4. The molecule has 1 aromatic carbocycles. The second-order valence-electron chi connectivity index (χ2n) is 4.19. The number of aliphatic imine (C=N–C) groups is 1. The van der Waals surface area contributed by atoms with Crippen molar-refractivity contribution in [2.24, 2.45) is 4.99 Å². The molecule has 0 saturated heterocycles. The van der Waals surface area contributed by atoms with Crippen LogP contribution in [0.25, 0.3) is 0 Å². The van der Waals surface area contributed by atoms with Crippen molar-refractivity contribution in [1.82, 2.24) is 10.6 Å². The highest BCUT2D eigenvalue weighted by molar-refractivity contribution is 14.0. The Bertz CT molecular complexity index is 433. The summed E-state index contributed by atoms with van der Waals surface area (Å²) in [6.07, 6.45) is 0. The van der Waals surface area contributed by atoms with E-state index in [4.69, 9.17) is 9.47 Å². The minimum atomic E-state index is -0.300. The van der Waals surface area contributed by atoms with Gasteiger partial charge in [0.1, 0.15) is 18.2 Å². The van der Waals surface area contributed by atoms with E-state index in [1.165, 1.54) is 12.1 Å². The first-order valence-electron chi connectivity index (χ1n) is 7.24. The molecule has 0 unspecified atom stereocenters. The number of nitrogens with zero attached hydrogens (tertiary/aromatic N) is 1. The zero-order valence-electron chi connectivity index (χ0n) is 13.1. The second-order valence-corrected chi connectivity index (χ2v) is 4.19. The lowest BCUT2D eigenvalue weighted by molar-refractivity contribution is 0.155. The smallest absolute Gasteiger partial charge is 0.191 e. The number of guanidine groups is 1. The van der Waals surface area contributed by atoms with E-state index in [0.29, 0.717) is 38.7 Å². The number of benzene rings is 1. The molecule has 0 aromatic heterocycles. The van der Waals surface area contributed by atoms with Crippen molar-refractivity contribution >= 4 is 29.9 Å². The average molecular weight is 425 g/mol. The van der Waals surface area contributed by atoms with Crippen LogP contribution >= 0.6 is 24.0 Å². The Balaban J connectivity index is 0.00000441. The molecule has 126 valence electrons. The van der Waals surface area contributed by atoms with Gasteiger partial charge in [-0.25, -0.2) is 4.39 Å². The van der Waals surface area contributed by atoms with Crippen LogP contribution < -0.4 is 15.4 Å². The molecule has 0 fully saturated rings. The van der Waals surface area contributed by atoms with Crippen molar-refractivity contribution in [3.8, 4) is 5.75 Å². The van der Waals surface area contributed by atoms with Gasteiger partial charge in [0.25, 0.3) is 0 Å². The van der Waals surface area contributed by atoms with Crippen LogP contribution in [0.3, 0.4) is 0 Å². The molecule has 0 spiro atoms. The van der Waals surface area contributed by atoms with E-state index in [1.54, 1.807) is 12.1 Å². The van der Waals surface area contributed by atoms with Crippen LogP contribution in [0.1, 0.15) is 13.8 Å². The number of halogens is 2. The summed E-state index contributed by atoms with van der Waals surface area (Å²) < 4.78 is 23.7. The minimum absolute atomic E-state index is 0. The average Bonchev–Trinajstić information content (AvgIpc) is 2.48. The van der Waals surface area contributed by atoms with Crippen LogP contribution in [0.2, 0.25) is 0 Å². The zero-order chi connectivity index (χ0) is 15.3. The molecular weight excluding hydrogens is 400 g/mol. The monoisotopic (exact) mass is 425 g/mol. The Morgan fingerprint density at radius 1 is 1.23 bits per heavy atom. The van der Waals surface area contributed by atoms with Crippen LogP contribution in [0.15, 0.2) is 29.3 Å². The molecule has 22 heavy (non-hydrogen) atoms. The van der Waals surface area contributed by atoms with Gasteiger partial charge in [0.05, 0.1) is 19.7 Å². The lowest BCUT2D eigenvalue weighted by Crippen LogP contribution is -2.39. The van der Waals surface area contributed by atoms with Crippen molar-refractivity contribution in [3.63, 3.8) is 0 Å². The Morgan fingerprint density at radius 3 is 2.73 bits per heavy atom. The summed E-state index contributed by atoms with van der Waals surface area (Å²) in [5.41, 5.74) is 0. The molecule has 0 aliphatic carbocycles. The van der Waals surface area contributed by atoms with Gasteiger partial charge < -0.3 is 20.1 Å². The molecule has 0 aliphatic rings. The topological polar surface area (TPSA) is 54.9 Å². The normalized spacial score (nSPS) is 10.8. The van der Waals surface area contributed by atoms with E-state index in [0.717, 1.165) is 12.5 Å². The van der Waals surface area contributed by atoms with Crippen molar-refractivity contribution in [3.05, 3.63) is 30.1 Å².